The van der Waals surface area contributed by atoms with E-state index < -0.39 is 0 Å². The number of hydrogen-bond acceptors (Lipinski definition) is 4. The first-order chi connectivity index (χ1) is 18.7. The van der Waals surface area contributed by atoms with Crippen LogP contribution in [0.5, 0.6) is 11.5 Å². The summed E-state index contributed by atoms with van der Waals surface area (Å²) in [6.07, 6.45) is 0.552. The van der Waals surface area contributed by atoms with Crippen molar-refractivity contribution >= 4 is 16.5 Å². The quantitative estimate of drug-likeness (QED) is 0.247. The Bertz CT molecular complexity index is 1630. The van der Waals surface area contributed by atoms with E-state index in [0.717, 1.165) is 29.2 Å². The summed E-state index contributed by atoms with van der Waals surface area (Å²) in [7, 11) is 0. The van der Waals surface area contributed by atoms with E-state index in [9.17, 15) is 0 Å². The lowest BCUT2D eigenvalue weighted by atomic mass is 9.95. The van der Waals surface area contributed by atoms with Crippen LogP contribution in [-0.4, -0.2) is 10.7 Å². The van der Waals surface area contributed by atoms with Crippen LogP contribution < -0.4 is 9.47 Å². The Morgan fingerprint density at radius 2 is 1.58 bits per heavy atom. The van der Waals surface area contributed by atoms with Crippen LogP contribution in [0.4, 0.5) is 0 Å². The molecule has 4 heteroatoms. The van der Waals surface area contributed by atoms with E-state index in [1.54, 1.807) is 0 Å². The molecule has 5 aromatic carbocycles. The van der Waals surface area contributed by atoms with Crippen LogP contribution >= 0.6 is 0 Å². The van der Waals surface area contributed by atoms with Gasteiger partial charge in [0.1, 0.15) is 18.1 Å². The average Bonchev–Trinajstić information content (AvgIpc) is 3.42. The molecule has 2 aliphatic heterocycles. The van der Waals surface area contributed by atoms with Crippen molar-refractivity contribution in [1.29, 1.82) is 0 Å². The number of benzene rings is 5. The van der Waals surface area contributed by atoms with Gasteiger partial charge in [0.25, 0.3) is 0 Å². The minimum atomic E-state index is -0.301. The summed E-state index contributed by atoms with van der Waals surface area (Å²) in [5.41, 5.74) is 6.92. The van der Waals surface area contributed by atoms with Crippen molar-refractivity contribution in [1.82, 2.24) is 5.01 Å². The number of hydrazone groups is 1. The average molecular weight is 497 g/mol. The Kier molecular flexibility index (Phi) is 5.58. The summed E-state index contributed by atoms with van der Waals surface area (Å²) in [5, 5.41) is 9.67. The summed E-state index contributed by atoms with van der Waals surface area (Å²) in [6, 6.07) is 40.1. The molecule has 0 radical (unpaired) electrons. The maximum Gasteiger partial charge on any atom is 0.213 e. The molecule has 2 heterocycles. The molecule has 38 heavy (non-hydrogen) atoms. The van der Waals surface area contributed by atoms with Gasteiger partial charge in [-0.1, -0.05) is 90.5 Å². The molecule has 2 atom stereocenters. The zero-order valence-corrected chi connectivity index (χ0v) is 21.2. The number of para-hydroxylation sites is 1. The summed E-state index contributed by atoms with van der Waals surface area (Å²) in [4.78, 5) is 0. The summed E-state index contributed by atoms with van der Waals surface area (Å²) >= 11 is 0. The molecule has 0 aromatic heterocycles. The summed E-state index contributed by atoms with van der Waals surface area (Å²) in [6.45, 7) is 2.63. The molecule has 4 nitrogen and oxygen atoms in total. The minimum absolute atomic E-state index is 0.142. The lowest BCUT2D eigenvalue weighted by molar-refractivity contribution is -0.0190. The van der Waals surface area contributed by atoms with Gasteiger partial charge in [0.05, 0.1) is 11.8 Å². The second kappa shape index (κ2) is 9.38. The predicted octanol–water partition coefficient (Wildman–Crippen LogP) is 7.97. The molecule has 7 rings (SSSR count). The molecule has 0 fully saturated rings. The fraction of sp³-hybridized carbons (Fsp3) is 0.147. The van der Waals surface area contributed by atoms with Crippen molar-refractivity contribution < 1.29 is 9.47 Å². The summed E-state index contributed by atoms with van der Waals surface area (Å²) < 4.78 is 12.7. The summed E-state index contributed by atoms with van der Waals surface area (Å²) in [5.74, 6) is 1.76. The van der Waals surface area contributed by atoms with Crippen LogP contribution in [0.15, 0.2) is 120 Å². The van der Waals surface area contributed by atoms with Gasteiger partial charge in [-0.25, -0.2) is 5.01 Å². The molecule has 0 aliphatic carbocycles. The van der Waals surface area contributed by atoms with Crippen molar-refractivity contribution in [2.45, 2.75) is 32.2 Å². The van der Waals surface area contributed by atoms with Gasteiger partial charge in [-0.3, -0.25) is 0 Å². The van der Waals surface area contributed by atoms with Crippen LogP contribution in [-0.2, 0) is 6.61 Å². The highest BCUT2D eigenvalue weighted by Gasteiger charge is 2.40. The Labute approximate surface area is 222 Å². The number of hydrogen-bond donors (Lipinski definition) is 0. The highest BCUT2D eigenvalue weighted by molar-refractivity contribution is 6.02. The Morgan fingerprint density at radius 3 is 2.45 bits per heavy atom. The van der Waals surface area contributed by atoms with Gasteiger partial charge < -0.3 is 9.47 Å². The number of ether oxygens (including phenoxy) is 2. The van der Waals surface area contributed by atoms with Crippen molar-refractivity contribution in [2.24, 2.45) is 5.10 Å². The van der Waals surface area contributed by atoms with E-state index in [1.807, 2.05) is 18.2 Å². The third-order valence-corrected chi connectivity index (χ3v) is 7.52. The van der Waals surface area contributed by atoms with Crippen LogP contribution in [0.25, 0.3) is 10.8 Å². The zero-order valence-electron chi connectivity index (χ0n) is 21.2. The van der Waals surface area contributed by atoms with Gasteiger partial charge in [0, 0.05) is 17.5 Å². The Hall–Kier alpha value is -4.57. The van der Waals surface area contributed by atoms with Crippen molar-refractivity contribution in [3.8, 4) is 11.5 Å². The van der Waals surface area contributed by atoms with Crippen LogP contribution in [0.3, 0.4) is 0 Å². The maximum absolute atomic E-state index is 6.53. The second-order valence-corrected chi connectivity index (χ2v) is 10.0. The smallest absolute Gasteiger partial charge is 0.213 e. The second-order valence-electron chi connectivity index (χ2n) is 10.0. The largest absolute Gasteiger partial charge is 0.489 e. The zero-order chi connectivity index (χ0) is 25.5. The van der Waals surface area contributed by atoms with Gasteiger partial charge in [0.15, 0.2) is 0 Å². The molecule has 186 valence electrons. The molecular formula is C34H28N2O2. The molecule has 2 aliphatic rings. The first-order valence-electron chi connectivity index (χ1n) is 13.1. The topological polar surface area (TPSA) is 34.1 Å². The highest BCUT2D eigenvalue weighted by Crippen LogP contribution is 2.47. The van der Waals surface area contributed by atoms with Gasteiger partial charge in [-0.15, -0.1) is 0 Å². The van der Waals surface area contributed by atoms with Crippen LogP contribution in [0.2, 0.25) is 0 Å². The number of fused-ring (bicyclic) bond motifs is 4. The number of rotatable bonds is 5. The van der Waals surface area contributed by atoms with Gasteiger partial charge in [-0.2, -0.15) is 5.10 Å². The lowest BCUT2D eigenvalue weighted by Crippen LogP contribution is -2.33. The number of aryl methyl sites for hydroxylation is 1. The molecule has 5 aromatic rings. The minimum Gasteiger partial charge on any atom is -0.489 e. The first kappa shape index (κ1) is 22.6. The molecule has 0 saturated heterocycles. The van der Waals surface area contributed by atoms with Crippen LogP contribution in [0, 0.1) is 6.92 Å². The SMILES string of the molecule is Cc1ccc(C2=NN3[C@@H](C2)c2ccccc2O[C@H]3c2ccc(OCc3cccc4ccccc34)cc2)cc1. The standard InChI is InChI=1S/C34H28N2O2/c1-23-13-15-25(16-14-23)31-21-32-30-11-4-5-12-33(30)38-34(36(32)35-31)26-17-19-28(20-18-26)37-22-27-9-6-8-24-7-2-3-10-29(24)27/h2-20,32,34H,21-22H2,1H3/t32-,34-/m0/s1. The third-order valence-electron chi connectivity index (χ3n) is 7.52. The van der Waals surface area contributed by atoms with Gasteiger partial charge in [-0.05, 0) is 59.2 Å². The first-order valence-corrected chi connectivity index (χ1v) is 13.1. The molecule has 0 saturated carbocycles. The van der Waals surface area contributed by atoms with E-state index in [2.05, 4.69) is 109 Å². The fourth-order valence-corrected chi connectivity index (χ4v) is 5.48. The van der Waals surface area contributed by atoms with E-state index in [-0.39, 0.29) is 12.3 Å². The van der Waals surface area contributed by atoms with Gasteiger partial charge in [0.2, 0.25) is 6.23 Å². The third kappa shape index (κ3) is 4.08. The van der Waals surface area contributed by atoms with Crippen molar-refractivity contribution in [3.05, 3.63) is 143 Å². The molecule has 0 spiro atoms. The van der Waals surface area contributed by atoms with E-state index in [0.29, 0.717) is 6.61 Å². The normalized spacial score (nSPS) is 17.9. The predicted molar refractivity (Wildman–Crippen MR) is 151 cm³/mol. The molecule has 0 bridgehead atoms. The number of nitrogens with zero attached hydrogens (tertiary/aromatic N) is 2. The molecule has 0 N–H and O–H groups in total. The monoisotopic (exact) mass is 496 g/mol. The fourth-order valence-electron chi connectivity index (χ4n) is 5.48. The Balaban J connectivity index is 1.15. The van der Waals surface area contributed by atoms with E-state index in [4.69, 9.17) is 14.6 Å². The molecule has 0 unspecified atom stereocenters. The van der Waals surface area contributed by atoms with E-state index in [1.165, 1.54) is 33.0 Å². The molecular weight excluding hydrogens is 468 g/mol. The van der Waals surface area contributed by atoms with Gasteiger partial charge >= 0.3 is 0 Å². The highest BCUT2D eigenvalue weighted by atomic mass is 16.5. The maximum atomic E-state index is 6.53. The van der Waals surface area contributed by atoms with E-state index >= 15 is 0 Å². The van der Waals surface area contributed by atoms with Crippen LogP contribution in [0.1, 0.15) is 46.5 Å². The lowest BCUT2D eigenvalue weighted by Gasteiger charge is -2.38. The molecule has 0 amide bonds. The van der Waals surface area contributed by atoms with Crippen molar-refractivity contribution in [3.63, 3.8) is 0 Å². The van der Waals surface area contributed by atoms with Crippen molar-refractivity contribution in [2.75, 3.05) is 0 Å². The Morgan fingerprint density at radius 1 is 0.816 bits per heavy atom.